The van der Waals surface area contributed by atoms with Crippen LogP contribution in [0.5, 0.6) is 11.5 Å². The van der Waals surface area contributed by atoms with Crippen molar-refractivity contribution in [3.63, 3.8) is 0 Å². The standard InChI is InChI=1S/C35H25FN2O5/c36-26-13-10-24(11-14-26)22-43-32-19-12-25-8-4-5-9-29(25)30(32)20-31-33(39)37-35(41)38(34(31)40)27-15-17-28(18-16-27)42-21-23-6-2-1-3-7-23/h1-20H,21-22H2,(H,37,39,41). The summed E-state index contributed by atoms with van der Waals surface area (Å²) >= 11 is 0. The zero-order valence-electron chi connectivity index (χ0n) is 22.8. The second-order valence-corrected chi connectivity index (χ2v) is 9.84. The van der Waals surface area contributed by atoms with Gasteiger partial charge in [0.25, 0.3) is 11.8 Å². The smallest absolute Gasteiger partial charge is 0.335 e. The van der Waals surface area contributed by atoms with Crippen LogP contribution in [0.1, 0.15) is 16.7 Å². The largest absolute Gasteiger partial charge is 0.489 e. The zero-order chi connectivity index (χ0) is 29.8. The number of hydrogen-bond donors (Lipinski definition) is 1. The summed E-state index contributed by atoms with van der Waals surface area (Å²) in [4.78, 5) is 40.4. The highest BCUT2D eigenvalue weighted by Gasteiger charge is 2.37. The van der Waals surface area contributed by atoms with Crippen LogP contribution in [0.2, 0.25) is 0 Å². The number of nitrogens with zero attached hydrogens (tertiary/aromatic N) is 1. The summed E-state index contributed by atoms with van der Waals surface area (Å²) in [6.07, 6.45) is 1.44. The maximum Gasteiger partial charge on any atom is 0.335 e. The minimum Gasteiger partial charge on any atom is -0.489 e. The van der Waals surface area contributed by atoms with E-state index in [0.29, 0.717) is 23.7 Å². The fraction of sp³-hybridized carbons (Fsp3) is 0.0571. The van der Waals surface area contributed by atoms with Crippen LogP contribution < -0.4 is 19.7 Å². The molecule has 0 aliphatic carbocycles. The first-order valence-electron chi connectivity index (χ1n) is 13.5. The van der Waals surface area contributed by atoms with E-state index in [1.165, 1.54) is 18.2 Å². The summed E-state index contributed by atoms with van der Waals surface area (Å²) in [5.74, 6) is -0.965. The van der Waals surface area contributed by atoms with Gasteiger partial charge in [-0.25, -0.2) is 14.1 Å². The predicted octanol–water partition coefficient (Wildman–Crippen LogP) is 6.80. The number of urea groups is 1. The number of amides is 4. The highest BCUT2D eigenvalue weighted by Crippen LogP contribution is 2.32. The Balaban J connectivity index is 1.30. The van der Waals surface area contributed by atoms with E-state index in [9.17, 15) is 18.8 Å². The van der Waals surface area contributed by atoms with Gasteiger partial charge in [-0.1, -0.05) is 72.8 Å². The number of ether oxygens (including phenoxy) is 2. The molecule has 0 unspecified atom stereocenters. The van der Waals surface area contributed by atoms with E-state index < -0.39 is 17.8 Å². The lowest BCUT2D eigenvalue weighted by Gasteiger charge is -2.26. The number of benzene rings is 5. The van der Waals surface area contributed by atoms with Crippen LogP contribution in [0.25, 0.3) is 16.8 Å². The Morgan fingerprint density at radius 1 is 0.698 bits per heavy atom. The summed E-state index contributed by atoms with van der Waals surface area (Å²) in [7, 11) is 0. The third kappa shape index (κ3) is 5.99. The number of carbonyl (C=O) groups is 3. The minimum atomic E-state index is -0.851. The summed E-state index contributed by atoms with van der Waals surface area (Å²) < 4.78 is 25.3. The van der Waals surface area contributed by atoms with Crippen molar-refractivity contribution in [1.82, 2.24) is 5.32 Å². The molecule has 4 amide bonds. The van der Waals surface area contributed by atoms with E-state index in [4.69, 9.17) is 9.47 Å². The molecule has 1 N–H and O–H groups in total. The van der Waals surface area contributed by atoms with Crippen LogP contribution in [-0.4, -0.2) is 17.8 Å². The number of barbiturate groups is 1. The average Bonchev–Trinajstić information content (AvgIpc) is 3.03. The van der Waals surface area contributed by atoms with Crippen molar-refractivity contribution in [2.24, 2.45) is 0 Å². The molecule has 1 aliphatic heterocycles. The fourth-order valence-electron chi connectivity index (χ4n) is 4.76. The lowest BCUT2D eigenvalue weighted by atomic mass is 9.99. The van der Waals surface area contributed by atoms with Crippen LogP contribution in [0, 0.1) is 5.82 Å². The number of anilines is 1. The molecular weight excluding hydrogens is 547 g/mol. The Labute approximate surface area is 246 Å². The van der Waals surface area contributed by atoms with Gasteiger partial charge in [-0.3, -0.25) is 14.9 Å². The molecule has 8 heteroatoms. The molecule has 43 heavy (non-hydrogen) atoms. The van der Waals surface area contributed by atoms with Crippen molar-refractivity contribution in [3.05, 3.63) is 143 Å². The van der Waals surface area contributed by atoms with Crippen molar-refractivity contribution in [2.45, 2.75) is 13.2 Å². The van der Waals surface area contributed by atoms with E-state index in [-0.39, 0.29) is 23.7 Å². The van der Waals surface area contributed by atoms with E-state index >= 15 is 0 Å². The van der Waals surface area contributed by atoms with Crippen molar-refractivity contribution in [3.8, 4) is 11.5 Å². The van der Waals surface area contributed by atoms with E-state index in [0.717, 1.165) is 26.8 Å². The Kier molecular flexibility index (Phi) is 7.65. The van der Waals surface area contributed by atoms with Gasteiger partial charge in [-0.05, 0) is 70.4 Å². The molecule has 0 bridgehead atoms. The van der Waals surface area contributed by atoms with Crippen LogP contribution in [0.4, 0.5) is 14.9 Å². The van der Waals surface area contributed by atoms with Gasteiger partial charge in [0.1, 0.15) is 36.1 Å². The molecule has 0 aromatic heterocycles. The predicted molar refractivity (Wildman–Crippen MR) is 161 cm³/mol. The molecule has 0 saturated carbocycles. The first-order valence-corrected chi connectivity index (χ1v) is 13.5. The number of nitrogens with one attached hydrogen (secondary N) is 1. The molecule has 1 fully saturated rings. The second kappa shape index (κ2) is 12.0. The zero-order valence-corrected chi connectivity index (χ0v) is 22.8. The normalized spacial score (nSPS) is 14.2. The van der Waals surface area contributed by atoms with Gasteiger partial charge in [0.05, 0.1) is 5.69 Å². The van der Waals surface area contributed by atoms with Crippen LogP contribution >= 0.6 is 0 Å². The Bertz CT molecular complexity index is 1850. The highest BCUT2D eigenvalue weighted by molar-refractivity contribution is 6.39. The topological polar surface area (TPSA) is 84.9 Å². The Morgan fingerprint density at radius 2 is 1.37 bits per heavy atom. The first kappa shape index (κ1) is 27.4. The number of rotatable bonds is 8. The number of fused-ring (bicyclic) bond motifs is 1. The minimum absolute atomic E-state index is 0.137. The first-order chi connectivity index (χ1) is 21.0. The van der Waals surface area contributed by atoms with Gasteiger partial charge in [0.2, 0.25) is 0 Å². The van der Waals surface area contributed by atoms with E-state index in [2.05, 4.69) is 5.32 Å². The molecule has 1 saturated heterocycles. The van der Waals surface area contributed by atoms with Crippen molar-refractivity contribution < 1.29 is 28.2 Å². The molecular formula is C35H25FN2O5. The summed E-state index contributed by atoms with van der Waals surface area (Å²) in [5.41, 5.74) is 2.29. The van der Waals surface area contributed by atoms with Gasteiger partial charge < -0.3 is 9.47 Å². The number of hydrogen-bond acceptors (Lipinski definition) is 5. The fourth-order valence-corrected chi connectivity index (χ4v) is 4.76. The lowest BCUT2D eigenvalue weighted by molar-refractivity contribution is -0.122. The van der Waals surface area contributed by atoms with Crippen molar-refractivity contribution in [2.75, 3.05) is 4.90 Å². The van der Waals surface area contributed by atoms with Crippen LogP contribution in [-0.2, 0) is 22.8 Å². The quantitative estimate of drug-likeness (QED) is 0.163. The summed E-state index contributed by atoms with van der Waals surface area (Å²) in [6.45, 7) is 0.500. The van der Waals surface area contributed by atoms with Gasteiger partial charge in [0.15, 0.2) is 0 Å². The maximum absolute atomic E-state index is 13.7. The lowest BCUT2D eigenvalue weighted by Crippen LogP contribution is -2.54. The molecule has 212 valence electrons. The highest BCUT2D eigenvalue weighted by atomic mass is 19.1. The molecule has 0 radical (unpaired) electrons. The third-order valence-electron chi connectivity index (χ3n) is 6.97. The van der Waals surface area contributed by atoms with Gasteiger partial charge >= 0.3 is 6.03 Å². The van der Waals surface area contributed by atoms with Crippen LogP contribution in [0.15, 0.2) is 121 Å². The van der Waals surface area contributed by atoms with Crippen molar-refractivity contribution >= 4 is 40.4 Å². The maximum atomic E-state index is 13.7. The molecule has 5 aromatic rings. The van der Waals surface area contributed by atoms with Gasteiger partial charge in [-0.2, -0.15) is 0 Å². The SMILES string of the molecule is O=C1NC(=O)N(c2ccc(OCc3ccccc3)cc2)C(=O)C1=Cc1c(OCc2ccc(F)cc2)ccc2ccccc12. The molecule has 1 aliphatic rings. The summed E-state index contributed by atoms with van der Waals surface area (Å²) in [5, 5.41) is 3.88. The van der Waals surface area contributed by atoms with Gasteiger partial charge in [-0.15, -0.1) is 0 Å². The monoisotopic (exact) mass is 572 g/mol. The molecule has 7 nitrogen and oxygen atoms in total. The molecule has 0 atom stereocenters. The Morgan fingerprint density at radius 3 is 2.14 bits per heavy atom. The van der Waals surface area contributed by atoms with Gasteiger partial charge in [0, 0.05) is 5.56 Å². The van der Waals surface area contributed by atoms with E-state index in [1.807, 2.05) is 60.7 Å². The molecule has 6 rings (SSSR count). The molecule has 0 spiro atoms. The molecule has 1 heterocycles. The van der Waals surface area contributed by atoms with E-state index in [1.54, 1.807) is 42.5 Å². The Hall–Kier alpha value is -5.76. The van der Waals surface area contributed by atoms with Crippen LogP contribution in [0.3, 0.4) is 0 Å². The average molecular weight is 573 g/mol. The molecule has 5 aromatic carbocycles. The number of imide groups is 2. The third-order valence-corrected chi connectivity index (χ3v) is 6.97. The number of halogens is 1. The second-order valence-electron chi connectivity index (χ2n) is 9.84. The number of carbonyl (C=O) groups excluding carboxylic acids is 3. The summed E-state index contributed by atoms with van der Waals surface area (Å²) in [6, 6.07) is 32.3. The van der Waals surface area contributed by atoms with Crippen molar-refractivity contribution in [1.29, 1.82) is 0 Å².